The van der Waals surface area contributed by atoms with E-state index in [-0.39, 0.29) is 6.10 Å². The van der Waals surface area contributed by atoms with E-state index in [1.165, 1.54) is 6.54 Å². The minimum Gasteiger partial charge on any atom is -0.388 e. The first kappa shape index (κ1) is 16.9. The van der Waals surface area contributed by atoms with Crippen LogP contribution in [-0.4, -0.2) is 54.2 Å². The summed E-state index contributed by atoms with van der Waals surface area (Å²) in [5.41, 5.74) is 1.01. The standard InChI is InChI=1S/C17H27BrN2O/c1-14(2)13-20-11-9-19(10-12-20)8-7-17(21)15-3-5-16(18)6-4-15/h3-6,14,17,21H,7-13H2,1-2H3. The van der Waals surface area contributed by atoms with Crippen LogP contribution in [0.5, 0.6) is 0 Å². The molecule has 0 spiro atoms. The molecule has 1 N–H and O–H groups in total. The zero-order chi connectivity index (χ0) is 15.2. The van der Waals surface area contributed by atoms with Gasteiger partial charge in [-0.1, -0.05) is 41.9 Å². The van der Waals surface area contributed by atoms with Crippen molar-refractivity contribution in [3.05, 3.63) is 34.3 Å². The van der Waals surface area contributed by atoms with Crippen molar-refractivity contribution in [2.24, 2.45) is 5.92 Å². The molecule has 1 aromatic carbocycles. The van der Waals surface area contributed by atoms with Crippen molar-refractivity contribution in [3.8, 4) is 0 Å². The van der Waals surface area contributed by atoms with E-state index in [9.17, 15) is 5.11 Å². The van der Waals surface area contributed by atoms with Crippen molar-refractivity contribution in [1.29, 1.82) is 0 Å². The Morgan fingerprint density at radius 2 is 1.62 bits per heavy atom. The Bertz CT molecular complexity index is 413. The van der Waals surface area contributed by atoms with Crippen molar-refractivity contribution < 1.29 is 5.11 Å². The van der Waals surface area contributed by atoms with Gasteiger partial charge < -0.3 is 14.9 Å². The Morgan fingerprint density at radius 1 is 1.05 bits per heavy atom. The summed E-state index contributed by atoms with van der Waals surface area (Å²) in [6, 6.07) is 7.97. The second kappa shape index (κ2) is 8.28. The van der Waals surface area contributed by atoms with Gasteiger partial charge in [0, 0.05) is 43.7 Å². The number of hydrogen-bond acceptors (Lipinski definition) is 3. The summed E-state index contributed by atoms with van der Waals surface area (Å²) in [5, 5.41) is 10.3. The van der Waals surface area contributed by atoms with Crippen molar-refractivity contribution in [2.45, 2.75) is 26.4 Å². The number of hydrogen-bond donors (Lipinski definition) is 1. The van der Waals surface area contributed by atoms with Crippen molar-refractivity contribution in [1.82, 2.24) is 9.80 Å². The lowest BCUT2D eigenvalue weighted by Crippen LogP contribution is -2.47. The third kappa shape index (κ3) is 5.70. The first-order valence-electron chi connectivity index (χ1n) is 7.93. The quantitative estimate of drug-likeness (QED) is 0.849. The molecule has 1 fully saturated rings. The summed E-state index contributed by atoms with van der Waals surface area (Å²) in [5.74, 6) is 0.746. The van der Waals surface area contributed by atoms with Crippen LogP contribution in [0.1, 0.15) is 31.9 Å². The monoisotopic (exact) mass is 354 g/mol. The van der Waals surface area contributed by atoms with E-state index in [1.54, 1.807) is 0 Å². The average molecular weight is 355 g/mol. The summed E-state index contributed by atoms with van der Waals surface area (Å²) in [4.78, 5) is 5.02. The SMILES string of the molecule is CC(C)CN1CCN(CCC(O)c2ccc(Br)cc2)CC1. The fraction of sp³-hybridized carbons (Fsp3) is 0.647. The number of aliphatic hydroxyl groups is 1. The second-order valence-electron chi connectivity index (χ2n) is 6.39. The Kier molecular flexibility index (Phi) is 6.68. The van der Waals surface area contributed by atoms with Gasteiger partial charge in [0.2, 0.25) is 0 Å². The van der Waals surface area contributed by atoms with E-state index in [4.69, 9.17) is 0 Å². The molecule has 1 aliphatic heterocycles. The molecule has 1 unspecified atom stereocenters. The van der Waals surface area contributed by atoms with E-state index < -0.39 is 0 Å². The third-order valence-electron chi connectivity index (χ3n) is 4.06. The molecular formula is C17H27BrN2O. The maximum absolute atomic E-state index is 10.3. The fourth-order valence-electron chi connectivity index (χ4n) is 2.87. The highest BCUT2D eigenvalue weighted by atomic mass is 79.9. The first-order valence-corrected chi connectivity index (χ1v) is 8.72. The summed E-state index contributed by atoms with van der Waals surface area (Å²) in [6.45, 7) is 11.3. The maximum Gasteiger partial charge on any atom is 0.0802 e. The number of nitrogens with zero attached hydrogens (tertiary/aromatic N) is 2. The molecule has 0 amide bonds. The predicted octanol–water partition coefficient (Wildman–Crippen LogP) is 3.15. The van der Waals surface area contributed by atoms with Gasteiger partial charge in [-0.2, -0.15) is 0 Å². The summed E-state index contributed by atoms with van der Waals surface area (Å²) < 4.78 is 1.06. The van der Waals surface area contributed by atoms with Gasteiger partial charge in [0.05, 0.1) is 6.10 Å². The number of rotatable bonds is 6. The lowest BCUT2D eigenvalue weighted by Gasteiger charge is -2.35. The molecule has 3 nitrogen and oxygen atoms in total. The molecule has 1 saturated heterocycles. The van der Waals surface area contributed by atoms with Crippen LogP contribution in [0.25, 0.3) is 0 Å². The van der Waals surface area contributed by atoms with E-state index in [0.717, 1.165) is 55.1 Å². The van der Waals surface area contributed by atoms with Crippen LogP contribution in [0, 0.1) is 5.92 Å². The zero-order valence-electron chi connectivity index (χ0n) is 13.1. The number of aliphatic hydroxyl groups excluding tert-OH is 1. The van der Waals surface area contributed by atoms with E-state index >= 15 is 0 Å². The molecule has 0 aromatic heterocycles. The maximum atomic E-state index is 10.3. The largest absolute Gasteiger partial charge is 0.388 e. The van der Waals surface area contributed by atoms with Gasteiger partial charge in [-0.3, -0.25) is 0 Å². The molecule has 2 rings (SSSR count). The molecule has 1 aliphatic rings. The first-order chi connectivity index (χ1) is 10.0. The molecule has 4 heteroatoms. The highest BCUT2D eigenvalue weighted by Gasteiger charge is 2.18. The molecule has 0 bridgehead atoms. The Balaban J connectivity index is 1.70. The van der Waals surface area contributed by atoms with Gasteiger partial charge >= 0.3 is 0 Å². The van der Waals surface area contributed by atoms with Crippen LogP contribution in [0.15, 0.2) is 28.7 Å². The molecule has 118 valence electrons. The molecule has 0 aliphatic carbocycles. The minimum absolute atomic E-state index is 0.355. The lowest BCUT2D eigenvalue weighted by molar-refractivity contribution is 0.0970. The van der Waals surface area contributed by atoms with Crippen LogP contribution in [0.2, 0.25) is 0 Å². The van der Waals surface area contributed by atoms with Crippen molar-refractivity contribution in [3.63, 3.8) is 0 Å². The average Bonchev–Trinajstić information content (AvgIpc) is 2.46. The zero-order valence-corrected chi connectivity index (χ0v) is 14.7. The molecule has 0 radical (unpaired) electrons. The predicted molar refractivity (Wildman–Crippen MR) is 91.4 cm³/mol. The second-order valence-corrected chi connectivity index (χ2v) is 7.31. The van der Waals surface area contributed by atoms with Crippen molar-refractivity contribution in [2.75, 3.05) is 39.3 Å². The van der Waals surface area contributed by atoms with Gasteiger partial charge in [0.15, 0.2) is 0 Å². The van der Waals surface area contributed by atoms with Crippen LogP contribution in [0.4, 0.5) is 0 Å². The highest BCUT2D eigenvalue weighted by molar-refractivity contribution is 9.10. The molecule has 1 aromatic rings. The van der Waals surface area contributed by atoms with Gasteiger partial charge in [0.1, 0.15) is 0 Å². The fourth-order valence-corrected chi connectivity index (χ4v) is 3.13. The van der Waals surface area contributed by atoms with Crippen molar-refractivity contribution >= 4 is 15.9 Å². The summed E-state index contributed by atoms with van der Waals surface area (Å²) in [7, 11) is 0. The molecule has 1 heterocycles. The van der Waals surface area contributed by atoms with Gasteiger partial charge in [-0.25, -0.2) is 0 Å². The van der Waals surface area contributed by atoms with Crippen LogP contribution in [0.3, 0.4) is 0 Å². The summed E-state index contributed by atoms with van der Waals surface area (Å²) in [6.07, 6.45) is 0.457. The number of halogens is 1. The van der Waals surface area contributed by atoms with Gasteiger partial charge in [0.25, 0.3) is 0 Å². The minimum atomic E-state index is -0.355. The van der Waals surface area contributed by atoms with Crippen LogP contribution >= 0.6 is 15.9 Å². The lowest BCUT2D eigenvalue weighted by atomic mass is 10.1. The molecule has 0 saturated carbocycles. The van der Waals surface area contributed by atoms with E-state index in [1.807, 2.05) is 24.3 Å². The molecule has 1 atom stereocenters. The summed E-state index contributed by atoms with van der Waals surface area (Å²) >= 11 is 3.42. The number of piperazine rings is 1. The Hall–Kier alpha value is -0.420. The van der Waals surface area contributed by atoms with Gasteiger partial charge in [-0.05, 0) is 30.0 Å². The smallest absolute Gasteiger partial charge is 0.0802 e. The van der Waals surface area contributed by atoms with Crippen LogP contribution in [-0.2, 0) is 0 Å². The van der Waals surface area contributed by atoms with Crippen LogP contribution < -0.4 is 0 Å². The highest BCUT2D eigenvalue weighted by Crippen LogP contribution is 2.20. The Morgan fingerprint density at radius 3 is 2.19 bits per heavy atom. The van der Waals surface area contributed by atoms with E-state index in [2.05, 4.69) is 39.6 Å². The number of benzene rings is 1. The normalized spacial score (nSPS) is 19.1. The van der Waals surface area contributed by atoms with Gasteiger partial charge in [-0.15, -0.1) is 0 Å². The Labute approximate surface area is 137 Å². The topological polar surface area (TPSA) is 26.7 Å². The third-order valence-corrected chi connectivity index (χ3v) is 4.59. The molecular weight excluding hydrogens is 328 g/mol. The molecule has 21 heavy (non-hydrogen) atoms. The van der Waals surface area contributed by atoms with E-state index in [0.29, 0.717) is 0 Å².